The van der Waals surface area contributed by atoms with Crippen LogP contribution in [0.2, 0.25) is 0 Å². The molecule has 7 heteroatoms. The second-order valence-electron chi connectivity index (χ2n) is 6.54. The highest BCUT2D eigenvalue weighted by Gasteiger charge is 2.22. The van der Waals surface area contributed by atoms with Crippen LogP contribution in [0.15, 0.2) is 29.6 Å². The van der Waals surface area contributed by atoms with Crippen LogP contribution in [0.3, 0.4) is 0 Å². The largest absolute Gasteiger partial charge is 0.366 e. The lowest BCUT2D eigenvalue weighted by Crippen LogP contribution is -2.46. The van der Waals surface area contributed by atoms with Gasteiger partial charge in [-0.05, 0) is 18.1 Å². The summed E-state index contributed by atoms with van der Waals surface area (Å²) in [5.41, 5.74) is 1.12. The maximum Gasteiger partial charge on any atom is 0.270 e. The highest BCUT2D eigenvalue weighted by Crippen LogP contribution is 2.25. The Morgan fingerprint density at radius 3 is 2.60 bits per heavy atom. The van der Waals surface area contributed by atoms with Crippen LogP contribution >= 0.6 is 11.3 Å². The zero-order chi connectivity index (χ0) is 17.8. The van der Waals surface area contributed by atoms with E-state index in [1.807, 2.05) is 12.1 Å². The number of benzene rings is 1. The number of halogens is 1. The lowest BCUT2D eigenvalue weighted by molar-refractivity contribution is 0.0945. The molecule has 1 aliphatic rings. The molecule has 0 spiro atoms. The Hall–Kier alpha value is -2.15. The molecule has 0 unspecified atom stereocenters. The van der Waals surface area contributed by atoms with E-state index in [9.17, 15) is 9.18 Å². The Bertz CT molecular complexity index is 725. The van der Waals surface area contributed by atoms with Crippen molar-refractivity contribution in [3.8, 4) is 0 Å². The van der Waals surface area contributed by atoms with E-state index in [1.165, 1.54) is 17.4 Å². The number of hydrogen-bond acceptors (Lipinski definition) is 5. The first kappa shape index (κ1) is 17.7. The molecule has 25 heavy (non-hydrogen) atoms. The van der Waals surface area contributed by atoms with Crippen LogP contribution in [0, 0.1) is 11.7 Å². The minimum Gasteiger partial charge on any atom is -0.366 e. The first-order valence-corrected chi connectivity index (χ1v) is 9.40. The summed E-state index contributed by atoms with van der Waals surface area (Å²) in [6.07, 6.45) is 0. The number of amides is 1. The fourth-order valence-corrected chi connectivity index (χ4v) is 3.61. The van der Waals surface area contributed by atoms with E-state index >= 15 is 0 Å². The lowest BCUT2D eigenvalue weighted by atomic mass is 10.2. The van der Waals surface area contributed by atoms with Crippen LogP contribution in [0.25, 0.3) is 0 Å². The number of hydrogen-bond donors (Lipinski definition) is 1. The minimum absolute atomic E-state index is 0.124. The summed E-state index contributed by atoms with van der Waals surface area (Å²) in [5.74, 6) is 0.101. The van der Waals surface area contributed by atoms with E-state index in [4.69, 9.17) is 0 Å². The van der Waals surface area contributed by atoms with Gasteiger partial charge in [0.2, 0.25) is 0 Å². The molecule has 1 saturated heterocycles. The number of nitrogens with one attached hydrogen (secondary N) is 1. The van der Waals surface area contributed by atoms with E-state index in [0.29, 0.717) is 23.8 Å². The standard InChI is InChI=1S/C18H23FN4OS/c1-13(2)11-20-17(24)15-12-25-18(21-15)23-9-7-22(8-10-23)16-6-4-3-5-14(16)19/h3-6,12-13H,7-11H2,1-2H3,(H,20,24). The number of aromatic nitrogens is 1. The third kappa shape index (κ3) is 4.28. The van der Waals surface area contributed by atoms with Crippen LogP contribution < -0.4 is 15.1 Å². The van der Waals surface area contributed by atoms with Crippen LogP contribution in [0.4, 0.5) is 15.2 Å². The first-order chi connectivity index (χ1) is 12.0. The molecular formula is C18H23FN4OS. The molecular weight excluding hydrogens is 339 g/mol. The molecule has 0 aliphatic carbocycles. The van der Waals surface area contributed by atoms with Gasteiger partial charge in [-0.25, -0.2) is 9.37 Å². The summed E-state index contributed by atoms with van der Waals surface area (Å²) in [7, 11) is 0. The van der Waals surface area contributed by atoms with Crippen LogP contribution in [0.1, 0.15) is 24.3 Å². The molecule has 1 amide bonds. The van der Waals surface area contributed by atoms with E-state index < -0.39 is 0 Å². The number of rotatable bonds is 5. The predicted molar refractivity (Wildman–Crippen MR) is 100 cm³/mol. The molecule has 1 aromatic carbocycles. The zero-order valence-corrected chi connectivity index (χ0v) is 15.4. The fourth-order valence-electron chi connectivity index (χ4n) is 2.75. The SMILES string of the molecule is CC(C)CNC(=O)c1csc(N2CCN(c3ccccc3F)CC2)n1. The topological polar surface area (TPSA) is 48.5 Å². The number of piperazine rings is 1. The Labute approximate surface area is 151 Å². The smallest absolute Gasteiger partial charge is 0.270 e. The van der Waals surface area contributed by atoms with Crippen LogP contribution in [0.5, 0.6) is 0 Å². The highest BCUT2D eigenvalue weighted by molar-refractivity contribution is 7.13. The molecule has 2 aromatic rings. The summed E-state index contributed by atoms with van der Waals surface area (Å²) in [4.78, 5) is 20.8. The highest BCUT2D eigenvalue weighted by atomic mass is 32.1. The number of thiazole rings is 1. The fraction of sp³-hybridized carbons (Fsp3) is 0.444. The van der Waals surface area contributed by atoms with Crippen molar-refractivity contribution in [1.82, 2.24) is 10.3 Å². The molecule has 2 heterocycles. The molecule has 0 saturated carbocycles. The number of nitrogens with zero attached hydrogens (tertiary/aromatic N) is 3. The van der Waals surface area contributed by atoms with E-state index in [0.717, 1.165) is 31.3 Å². The second-order valence-corrected chi connectivity index (χ2v) is 7.38. The van der Waals surface area contributed by atoms with Gasteiger partial charge in [-0.3, -0.25) is 4.79 Å². The van der Waals surface area contributed by atoms with Gasteiger partial charge < -0.3 is 15.1 Å². The third-order valence-electron chi connectivity index (χ3n) is 4.14. The number of para-hydroxylation sites is 1. The summed E-state index contributed by atoms with van der Waals surface area (Å²) in [6.45, 7) is 7.74. The summed E-state index contributed by atoms with van der Waals surface area (Å²) < 4.78 is 13.9. The van der Waals surface area contributed by atoms with Crippen molar-refractivity contribution in [2.75, 3.05) is 42.5 Å². The zero-order valence-electron chi connectivity index (χ0n) is 14.5. The average Bonchev–Trinajstić information content (AvgIpc) is 3.10. The molecule has 134 valence electrons. The van der Waals surface area contributed by atoms with Gasteiger partial charge in [-0.15, -0.1) is 11.3 Å². The number of carbonyl (C=O) groups excluding carboxylic acids is 1. The van der Waals surface area contributed by atoms with E-state index in [1.54, 1.807) is 11.4 Å². The summed E-state index contributed by atoms with van der Waals surface area (Å²) in [6, 6.07) is 6.86. The molecule has 5 nitrogen and oxygen atoms in total. The molecule has 1 aromatic heterocycles. The molecule has 1 N–H and O–H groups in total. The quantitative estimate of drug-likeness (QED) is 0.888. The Morgan fingerprint density at radius 1 is 1.24 bits per heavy atom. The van der Waals surface area contributed by atoms with Gasteiger partial charge in [0.1, 0.15) is 11.5 Å². The summed E-state index contributed by atoms with van der Waals surface area (Å²) >= 11 is 1.48. The lowest BCUT2D eigenvalue weighted by Gasteiger charge is -2.36. The van der Waals surface area contributed by atoms with Gasteiger partial charge in [0, 0.05) is 38.1 Å². The molecule has 0 atom stereocenters. The predicted octanol–water partition coefficient (Wildman–Crippen LogP) is 2.99. The van der Waals surface area contributed by atoms with Gasteiger partial charge in [0.25, 0.3) is 5.91 Å². The van der Waals surface area contributed by atoms with Crippen molar-refractivity contribution >= 4 is 28.1 Å². The van der Waals surface area contributed by atoms with E-state index in [-0.39, 0.29) is 11.7 Å². The molecule has 0 radical (unpaired) electrons. The molecule has 1 aliphatic heterocycles. The van der Waals surface area contributed by atoms with Crippen molar-refractivity contribution < 1.29 is 9.18 Å². The minimum atomic E-state index is -0.186. The normalized spacial score (nSPS) is 14.9. The van der Waals surface area contributed by atoms with Gasteiger partial charge in [-0.2, -0.15) is 0 Å². The molecule has 0 bridgehead atoms. The maximum absolute atomic E-state index is 13.9. The maximum atomic E-state index is 13.9. The Balaban J connectivity index is 1.58. The molecule has 3 rings (SSSR count). The van der Waals surface area contributed by atoms with Crippen molar-refractivity contribution in [3.05, 3.63) is 41.2 Å². The van der Waals surface area contributed by atoms with Gasteiger partial charge in [0.05, 0.1) is 5.69 Å². The van der Waals surface area contributed by atoms with Crippen molar-refractivity contribution in [2.24, 2.45) is 5.92 Å². The average molecular weight is 362 g/mol. The van der Waals surface area contributed by atoms with Crippen LogP contribution in [-0.2, 0) is 0 Å². The van der Waals surface area contributed by atoms with Crippen molar-refractivity contribution in [1.29, 1.82) is 0 Å². The molecule has 1 fully saturated rings. The number of carbonyl (C=O) groups is 1. The third-order valence-corrected chi connectivity index (χ3v) is 5.04. The number of anilines is 2. The van der Waals surface area contributed by atoms with Crippen molar-refractivity contribution in [2.45, 2.75) is 13.8 Å². The first-order valence-electron chi connectivity index (χ1n) is 8.52. The van der Waals surface area contributed by atoms with Gasteiger partial charge in [-0.1, -0.05) is 26.0 Å². The van der Waals surface area contributed by atoms with Gasteiger partial charge >= 0.3 is 0 Å². The Kier molecular flexibility index (Phi) is 5.53. The Morgan fingerprint density at radius 2 is 1.92 bits per heavy atom. The van der Waals surface area contributed by atoms with Gasteiger partial charge in [0.15, 0.2) is 5.13 Å². The van der Waals surface area contributed by atoms with E-state index in [2.05, 4.69) is 33.9 Å². The van der Waals surface area contributed by atoms with Crippen molar-refractivity contribution in [3.63, 3.8) is 0 Å². The summed E-state index contributed by atoms with van der Waals surface area (Å²) in [5, 5.41) is 5.54. The monoisotopic (exact) mass is 362 g/mol. The van der Waals surface area contributed by atoms with Crippen LogP contribution in [-0.4, -0.2) is 43.6 Å². The second kappa shape index (κ2) is 7.82.